The van der Waals surface area contributed by atoms with Crippen molar-refractivity contribution in [3.63, 3.8) is 0 Å². The van der Waals surface area contributed by atoms with E-state index < -0.39 is 0 Å². The van der Waals surface area contributed by atoms with Gasteiger partial charge in [-0.25, -0.2) is 4.98 Å². The molecule has 1 aliphatic rings. The highest BCUT2D eigenvalue weighted by molar-refractivity contribution is 7.07. The van der Waals surface area contributed by atoms with Gasteiger partial charge in [0, 0.05) is 5.38 Å². The van der Waals surface area contributed by atoms with Gasteiger partial charge in [-0.2, -0.15) is 0 Å². The highest BCUT2D eigenvalue weighted by atomic mass is 32.1. The number of Topliss-reactive ketones (excluding diaryl/α,β-unsaturated/α-hetero) is 1. The average molecular weight is 245 g/mol. The summed E-state index contributed by atoms with van der Waals surface area (Å²) in [6.07, 6.45) is 0.143. The van der Waals surface area contributed by atoms with Gasteiger partial charge in [0.05, 0.1) is 23.2 Å². The smallest absolute Gasteiger partial charge is 0.170 e. The van der Waals surface area contributed by atoms with E-state index in [4.69, 9.17) is 4.74 Å². The quantitative estimate of drug-likeness (QED) is 0.774. The molecule has 0 bridgehead atoms. The Morgan fingerprint density at radius 2 is 2.35 bits per heavy atom. The number of fused-ring (bicyclic) bond motifs is 1. The second-order valence-corrected chi connectivity index (χ2v) is 4.87. The average Bonchev–Trinajstić information content (AvgIpc) is 2.83. The molecular formula is C13H11NO2S. The van der Waals surface area contributed by atoms with Gasteiger partial charge in [-0.15, -0.1) is 11.3 Å². The molecule has 86 valence electrons. The predicted molar refractivity (Wildman–Crippen MR) is 65.6 cm³/mol. The molecule has 1 aromatic carbocycles. The number of nitrogens with zero attached hydrogens (tertiary/aromatic N) is 1. The molecule has 1 aliphatic heterocycles. The maximum absolute atomic E-state index is 12.0. The van der Waals surface area contributed by atoms with Crippen molar-refractivity contribution in [3.05, 3.63) is 45.9 Å². The molecule has 0 radical (unpaired) electrons. The van der Waals surface area contributed by atoms with Gasteiger partial charge in [0.1, 0.15) is 11.9 Å². The Morgan fingerprint density at radius 3 is 3.12 bits per heavy atom. The van der Waals surface area contributed by atoms with Crippen LogP contribution in [0.25, 0.3) is 0 Å². The third-order valence-corrected chi connectivity index (χ3v) is 3.46. The molecule has 0 fully saturated rings. The number of rotatable bonds is 1. The first kappa shape index (κ1) is 10.5. The predicted octanol–water partition coefficient (Wildman–Crippen LogP) is 3.16. The van der Waals surface area contributed by atoms with Crippen LogP contribution in [0.4, 0.5) is 0 Å². The minimum Gasteiger partial charge on any atom is -0.483 e. The topological polar surface area (TPSA) is 39.2 Å². The summed E-state index contributed by atoms with van der Waals surface area (Å²) in [6, 6.07) is 5.70. The van der Waals surface area contributed by atoms with Gasteiger partial charge < -0.3 is 4.74 Å². The SMILES string of the molecule is Cc1ccc2c(c1)C(=O)CC(c1cscn1)O2. The Bertz CT molecular complexity index is 563. The maximum Gasteiger partial charge on any atom is 0.170 e. The molecule has 0 amide bonds. The molecule has 1 unspecified atom stereocenters. The van der Waals surface area contributed by atoms with E-state index in [0.29, 0.717) is 17.7 Å². The Balaban J connectivity index is 1.99. The van der Waals surface area contributed by atoms with E-state index in [0.717, 1.165) is 11.3 Å². The van der Waals surface area contributed by atoms with Gasteiger partial charge in [-0.3, -0.25) is 4.79 Å². The number of benzene rings is 1. The zero-order valence-corrected chi connectivity index (χ0v) is 10.2. The molecule has 17 heavy (non-hydrogen) atoms. The minimum absolute atomic E-state index is 0.132. The van der Waals surface area contributed by atoms with Crippen LogP contribution in [0.3, 0.4) is 0 Å². The van der Waals surface area contributed by atoms with Crippen LogP contribution in [0, 0.1) is 6.92 Å². The number of ether oxygens (including phenoxy) is 1. The Hall–Kier alpha value is -1.68. The van der Waals surface area contributed by atoms with Crippen LogP contribution in [-0.4, -0.2) is 10.8 Å². The molecule has 3 nitrogen and oxygen atoms in total. The van der Waals surface area contributed by atoms with Crippen LogP contribution in [0.1, 0.15) is 34.1 Å². The van der Waals surface area contributed by atoms with Crippen molar-refractivity contribution in [3.8, 4) is 5.75 Å². The lowest BCUT2D eigenvalue weighted by atomic mass is 9.98. The second kappa shape index (κ2) is 3.96. The third kappa shape index (κ3) is 1.85. The second-order valence-electron chi connectivity index (χ2n) is 4.15. The van der Waals surface area contributed by atoms with E-state index in [1.165, 1.54) is 11.3 Å². The molecule has 0 saturated carbocycles. The molecule has 0 aliphatic carbocycles. The summed E-state index contributed by atoms with van der Waals surface area (Å²) in [7, 11) is 0. The lowest BCUT2D eigenvalue weighted by Crippen LogP contribution is -2.20. The van der Waals surface area contributed by atoms with Crippen molar-refractivity contribution >= 4 is 17.1 Å². The molecule has 0 spiro atoms. The number of hydrogen-bond donors (Lipinski definition) is 0. The summed E-state index contributed by atoms with van der Waals surface area (Å²) in [5.74, 6) is 0.804. The Morgan fingerprint density at radius 1 is 1.47 bits per heavy atom. The molecule has 4 heteroatoms. The van der Waals surface area contributed by atoms with E-state index in [1.807, 2.05) is 30.5 Å². The highest BCUT2D eigenvalue weighted by Gasteiger charge is 2.28. The van der Waals surface area contributed by atoms with E-state index in [2.05, 4.69) is 4.98 Å². The van der Waals surface area contributed by atoms with Crippen molar-refractivity contribution in [2.45, 2.75) is 19.4 Å². The molecule has 2 heterocycles. The lowest BCUT2D eigenvalue weighted by Gasteiger charge is -2.24. The summed E-state index contributed by atoms with van der Waals surface area (Å²) in [5, 5.41) is 1.93. The molecule has 0 N–H and O–H groups in total. The van der Waals surface area contributed by atoms with Gasteiger partial charge in [0.2, 0.25) is 0 Å². The largest absolute Gasteiger partial charge is 0.483 e. The van der Waals surface area contributed by atoms with Crippen molar-refractivity contribution in [2.75, 3.05) is 0 Å². The van der Waals surface area contributed by atoms with Crippen LogP contribution in [-0.2, 0) is 0 Å². The number of carbonyl (C=O) groups is 1. The molecular weight excluding hydrogens is 234 g/mol. The Kier molecular flexibility index (Phi) is 2.44. The fourth-order valence-electron chi connectivity index (χ4n) is 1.98. The number of hydrogen-bond acceptors (Lipinski definition) is 4. The fraction of sp³-hybridized carbons (Fsp3) is 0.231. The first-order valence-corrected chi connectivity index (χ1v) is 6.37. The molecule has 1 atom stereocenters. The summed E-state index contributed by atoms with van der Waals surface area (Å²) in [6.45, 7) is 1.97. The van der Waals surface area contributed by atoms with E-state index in [-0.39, 0.29) is 11.9 Å². The van der Waals surface area contributed by atoms with Crippen LogP contribution in [0.2, 0.25) is 0 Å². The number of ketones is 1. The number of aryl methyl sites for hydroxylation is 1. The zero-order chi connectivity index (χ0) is 11.8. The van der Waals surface area contributed by atoms with Crippen LogP contribution < -0.4 is 4.74 Å². The maximum atomic E-state index is 12.0. The molecule has 1 aromatic heterocycles. The first-order chi connectivity index (χ1) is 8.24. The monoisotopic (exact) mass is 245 g/mol. The van der Waals surface area contributed by atoms with Crippen molar-refractivity contribution < 1.29 is 9.53 Å². The molecule has 2 aromatic rings. The third-order valence-electron chi connectivity index (χ3n) is 2.86. The molecule has 0 saturated heterocycles. The summed E-state index contributed by atoms with van der Waals surface area (Å²) in [5.41, 5.74) is 4.37. The zero-order valence-electron chi connectivity index (χ0n) is 9.34. The highest BCUT2D eigenvalue weighted by Crippen LogP contribution is 2.34. The summed E-state index contributed by atoms with van der Waals surface area (Å²) >= 11 is 1.52. The van der Waals surface area contributed by atoms with Gasteiger partial charge >= 0.3 is 0 Å². The van der Waals surface area contributed by atoms with Crippen molar-refractivity contribution in [1.82, 2.24) is 4.98 Å². The van der Waals surface area contributed by atoms with E-state index in [9.17, 15) is 4.79 Å². The molecule has 3 rings (SSSR count). The van der Waals surface area contributed by atoms with E-state index >= 15 is 0 Å². The first-order valence-electron chi connectivity index (χ1n) is 5.42. The number of thiazole rings is 1. The van der Waals surface area contributed by atoms with Gasteiger partial charge in [-0.05, 0) is 19.1 Å². The van der Waals surface area contributed by atoms with Crippen LogP contribution >= 0.6 is 11.3 Å². The number of carbonyl (C=O) groups excluding carboxylic acids is 1. The van der Waals surface area contributed by atoms with Gasteiger partial charge in [0.25, 0.3) is 0 Å². The fourth-order valence-corrected chi connectivity index (χ4v) is 2.58. The van der Waals surface area contributed by atoms with Crippen molar-refractivity contribution in [1.29, 1.82) is 0 Å². The van der Waals surface area contributed by atoms with Crippen LogP contribution in [0.15, 0.2) is 29.1 Å². The number of aromatic nitrogens is 1. The van der Waals surface area contributed by atoms with Crippen molar-refractivity contribution in [2.24, 2.45) is 0 Å². The van der Waals surface area contributed by atoms with Crippen LogP contribution in [0.5, 0.6) is 5.75 Å². The van der Waals surface area contributed by atoms with E-state index in [1.54, 1.807) is 5.51 Å². The minimum atomic E-state index is -0.232. The Labute approximate surface area is 103 Å². The lowest BCUT2D eigenvalue weighted by molar-refractivity contribution is 0.0845. The summed E-state index contributed by atoms with van der Waals surface area (Å²) in [4.78, 5) is 16.2. The van der Waals surface area contributed by atoms with Gasteiger partial charge in [0.15, 0.2) is 5.78 Å². The summed E-state index contributed by atoms with van der Waals surface area (Å²) < 4.78 is 5.83. The standard InChI is InChI=1S/C13H11NO2S/c1-8-2-3-12-9(4-8)11(15)5-13(16-12)10-6-17-7-14-10/h2-4,6-7,13H,5H2,1H3. The normalized spacial score (nSPS) is 18.6. The van der Waals surface area contributed by atoms with Gasteiger partial charge in [-0.1, -0.05) is 11.6 Å².